The molecule has 1 heterocycles. The largest absolute Gasteiger partial charge is 0.497 e. The molecule has 26 heavy (non-hydrogen) atoms. The highest BCUT2D eigenvalue weighted by atomic mass is 16.5. The van der Waals surface area contributed by atoms with Crippen LogP contribution < -0.4 is 15.4 Å². The Morgan fingerprint density at radius 1 is 1.04 bits per heavy atom. The fraction of sp³-hybridized carbons (Fsp3) is 0.250. The molecule has 0 fully saturated rings. The normalized spacial score (nSPS) is 10.4. The van der Waals surface area contributed by atoms with Crippen molar-refractivity contribution >= 4 is 17.5 Å². The third kappa shape index (κ3) is 4.69. The molecule has 2 aromatic carbocycles. The van der Waals surface area contributed by atoms with Gasteiger partial charge >= 0.3 is 0 Å². The minimum atomic E-state index is 0.502. The highest BCUT2D eigenvalue weighted by Crippen LogP contribution is 2.18. The van der Waals surface area contributed by atoms with E-state index in [0.717, 1.165) is 17.9 Å². The lowest BCUT2D eigenvalue weighted by atomic mass is 10.1. The summed E-state index contributed by atoms with van der Waals surface area (Å²) in [6.45, 7) is 4.89. The average molecular weight is 349 g/mol. The van der Waals surface area contributed by atoms with Crippen molar-refractivity contribution in [2.75, 3.05) is 24.3 Å². The van der Waals surface area contributed by atoms with Crippen molar-refractivity contribution in [1.29, 1.82) is 0 Å². The quantitative estimate of drug-likeness (QED) is 0.674. The third-order valence-electron chi connectivity index (χ3n) is 4.17. The van der Waals surface area contributed by atoms with Crippen LogP contribution in [0.2, 0.25) is 0 Å². The molecular weight excluding hydrogens is 326 g/mol. The number of anilines is 3. The fourth-order valence-corrected chi connectivity index (χ4v) is 2.55. The average Bonchev–Trinajstić information content (AvgIpc) is 2.65. The smallest absolute Gasteiger partial charge is 0.244 e. The van der Waals surface area contributed by atoms with E-state index in [0.29, 0.717) is 18.3 Å². The predicted molar refractivity (Wildman–Crippen MR) is 104 cm³/mol. The molecule has 6 heteroatoms. The first-order chi connectivity index (χ1) is 12.6. The number of nitrogens with one attached hydrogen (secondary N) is 2. The van der Waals surface area contributed by atoms with E-state index in [2.05, 4.69) is 57.9 Å². The van der Waals surface area contributed by atoms with E-state index in [4.69, 9.17) is 4.74 Å². The summed E-state index contributed by atoms with van der Waals surface area (Å²) in [6.07, 6.45) is 2.46. The Hall–Kier alpha value is -3.15. The van der Waals surface area contributed by atoms with Gasteiger partial charge in [0.25, 0.3) is 0 Å². The van der Waals surface area contributed by atoms with Gasteiger partial charge in [-0.2, -0.15) is 10.1 Å². The van der Waals surface area contributed by atoms with Gasteiger partial charge in [0.05, 0.1) is 13.3 Å². The molecule has 0 atom stereocenters. The molecule has 0 saturated carbocycles. The van der Waals surface area contributed by atoms with Crippen LogP contribution in [-0.2, 0) is 6.42 Å². The maximum Gasteiger partial charge on any atom is 0.244 e. The van der Waals surface area contributed by atoms with Crippen LogP contribution in [0.5, 0.6) is 5.75 Å². The van der Waals surface area contributed by atoms with Gasteiger partial charge in [-0.1, -0.05) is 18.2 Å². The summed E-state index contributed by atoms with van der Waals surface area (Å²) in [5, 5.41) is 14.5. The minimum Gasteiger partial charge on any atom is -0.497 e. The second kappa shape index (κ2) is 8.29. The number of nitrogens with zero attached hydrogens (tertiary/aromatic N) is 3. The Morgan fingerprint density at radius 3 is 2.73 bits per heavy atom. The van der Waals surface area contributed by atoms with E-state index in [9.17, 15) is 0 Å². The van der Waals surface area contributed by atoms with E-state index in [1.54, 1.807) is 13.3 Å². The number of rotatable bonds is 7. The van der Waals surface area contributed by atoms with Crippen molar-refractivity contribution in [1.82, 2.24) is 15.2 Å². The van der Waals surface area contributed by atoms with Crippen LogP contribution in [-0.4, -0.2) is 28.8 Å². The number of aryl methyl sites for hydroxylation is 2. The van der Waals surface area contributed by atoms with Gasteiger partial charge in [0.15, 0.2) is 5.82 Å². The maximum absolute atomic E-state index is 5.24. The molecule has 0 saturated heterocycles. The van der Waals surface area contributed by atoms with Crippen LogP contribution in [0, 0.1) is 13.8 Å². The van der Waals surface area contributed by atoms with Gasteiger partial charge in [0, 0.05) is 12.2 Å². The van der Waals surface area contributed by atoms with Crippen LogP contribution in [0.4, 0.5) is 17.5 Å². The number of ether oxygens (including phenoxy) is 1. The van der Waals surface area contributed by atoms with Crippen molar-refractivity contribution in [2.45, 2.75) is 20.3 Å². The molecule has 0 amide bonds. The van der Waals surface area contributed by atoms with Crippen LogP contribution in [0.25, 0.3) is 0 Å². The lowest BCUT2D eigenvalue weighted by Crippen LogP contribution is -2.09. The molecule has 134 valence electrons. The van der Waals surface area contributed by atoms with Crippen LogP contribution >= 0.6 is 0 Å². The molecule has 0 bridgehead atoms. The summed E-state index contributed by atoms with van der Waals surface area (Å²) < 4.78 is 5.24. The fourth-order valence-electron chi connectivity index (χ4n) is 2.55. The molecule has 0 aliphatic rings. The van der Waals surface area contributed by atoms with E-state index in [-0.39, 0.29) is 0 Å². The second-order valence-electron chi connectivity index (χ2n) is 6.12. The van der Waals surface area contributed by atoms with E-state index >= 15 is 0 Å². The van der Waals surface area contributed by atoms with Crippen LogP contribution in [0.15, 0.2) is 48.7 Å². The number of hydrogen-bond acceptors (Lipinski definition) is 6. The van der Waals surface area contributed by atoms with Gasteiger partial charge in [-0.25, -0.2) is 0 Å². The Bertz CT molecular complexity index is 882. The van der Waals surface area contributed by atoms with Gasteiger partial charge in [0.2, 0.25) is 5.95 Å². The molecule has 0 aliphatic heterocycles. The molecule has 0 unspecified atom stereocenters. The minimum absolute atomic E-state index is 0.502. The summed E-state index contributed by atoms with van der Waals surface area (Å²) in [7, 11) is 1.67. The van der Waals surface area contributed by atoms with Crippen molar-refractivity contribution in [3.8, 4) is 5.75 Å². The van der Waals surface area contributed by atoms with Gasteiger partial charge in [-0.3, -0.25) is 0 Å². The second-order valence-corrected chi connectivity index (χ2v) is 6.12. The molecule has 3 rings (SSSR count). The molecule has 3 aromatic rings. The topological polar surface area (TPSA) is 72.0 Å². The van der Waals surface area contributed by atoms with Gasteiger partial charge in [0.1, 0.15) is 5.75 Å². The first kappa shape index (κ1) is 17.7. The van der Waals surface area contributed by atoms with Crippen LogP contribution in [0.3, 0.4) is 0 Å². The zero-order valence-corrected chi connectivity index (χ0v) is 15.3. The Balaban J connectivity index is 1.59. The predicted octanol–water partition coefficient (Wildman–Crippen LogP) is 3.90. The van der Waals surface area contributed by atoms with Gasteiger partial charge < -0.3 is 15.4 Å². The molecule has 6 nitrogen and oxygen atoms in total. The van der Waals surface area contributed by atoms with Gasteiger partial charge in [-0.05, 0) is 61.2 Å². The number of benzene rings is 2. The number of aromatic nitrogens is 3. The zero-order chi connectivity index (χ0) is 18.4. The lowest BCUT2D eigenvalue weighted by Gasteiger charge is -2.09. The molecule has 0 aliphatic carbocycles. The first-order valence-corrected chi connectivity index (χ1v) is 8.55. The van der Waals surface area contributed by atoms with E-state index in [1.807, 2.05) is 24.3 Å². The molecule has 2 N–H and O–H groups in total. The summed E-state index contributed by atoms with van der Waals surface area (Å²) in [4.78, 5) is 4.46. The monoisotopic (exact) mass is 349 g/mol. The molecule has 0 radical (unpaired) electrons. The summed E-state index contributed by atoms with van der Waals surface area (Å²) in [5.41, 5.74) is 4.66. The zero-order valence-electron chi connectivity index (χ0n) is 15.3. The highest BCUT2D eigenvalue weighted by molar-refractivity contribution is 5.58. The Morgan fingerprint density at radius 2 is 1.92 bits per heavy atom. The maximum atomic E-state index is 5.24. The lowest BCUT2D eigenvalue weighted by molar-refractivity contribution is 0.414. The Kier molecular flexibility index (Phi) is 5.63. The van der Waals surface area contributed by atoms with E-state index < -0.39 is 0 Å². The Labute approximate surface area is 153 Å². The summed E-state index contributed by atoms with van der Waals surface area (Å²) >= 11 is 0. The highest BCUT2D eigenvalue weighted by Gasteiger charge is 2.03. The van der Waals surface area contributed by atoms with E-state index in [1.165, 1.54) is 16.7 Å². The first-order valence-electron chi connectivity index (χ1n) is 8.55. The van der Waals surface area contributed by atoms with Crippen molar-refractivity contribution < 1.29 is 4.74 Å². The summed E-state index contributed by atoms with van der Waals surface area (Å²) in [5.74, 6) is 2.02. The van der Waals surface area contributed by atoms with Crippen molar-refractivity contribution in [2.24, 2.45) is 0 Å². The molecule has 1 aromatic heterocycles. The molecular formula is C20H23N5O. The SMILES string of the molecule is COc1cccc(CCNc2nncc(Nc3ccc(C)c(C)c3)n2)c1. The standard InChI is InChI=1S/C20H23N5O/c1-14-7-8-17(11-15(14)2)23-19-13-22-25-20(24-19)21-10-9-16-5-4-6-18(12-16)26-3/h4-8,11-13H,9-10H2,1-3H3,(H2,21,23,24,25). The number of methoxy groups -OCH3 is 1. The summed E-state index contributed by atoms with van der Waals surface area (Å²) in [6, 6.07) is 14.2. The number of hydrogen-bond donors (Lipinski definition) is 2. The van der Waals surface area contributed by atoms with Crippen molar-refractivity contribution in [3.63, 3.8) is 0 Å². The van der Waals surface area contributed by atoms with Crippen molar-refractivity contribution in [3.05, 3.63) is 65.4 Å². The molecule has 0 spiro atoms. The van der Waals surface area contributed by atoms with Gasteiger partial charge in [-0.15, -0.1) is 5.10 Å². The van der Waals surface area contributed by atoms with Crippen LogP contribution in [0.1, 0.15) is 16.7 Å². The third-order valence-corrected chi connectivity index (χ3v) is 4.17.